The van der Waals surface area contributed by atoms with Crippen molar-refractivity contribution < 1.29 is 9.45 Å². The maximum absolute atomic E-state index is 10.9. The molecule has 1 aromatic heterocycles. The minimum absolute atomic E-state index is 0.135. The van der Waals surface area contributed by atoms with Crippen molar-refractivity contribution in [1.82, 2.24) is 10.1 Å². The highest BCUT2D eigenvalue weighted by Crippen LogP contribution is 2.25. The van der Waals surface area contributed by atoms with Crippen LogP contribution in [0.2, 0.25) is 0 Å². The fraction of sp³-hybridized carbons (Fsp3) is 0.182. The lowest BCUT2D eigenvalue weighted by Crippen LogP contribution is -2.07. The first kappa shape index (κ1) is 12.5. The van der Waals surface area contributed by atoms with Crippen molar-refractivity contribution in [3.8, 4) is 6.07 Å². The molecule has 2 rings (SSSR count). The van der Waals surface area contributed by atoms with Gasteiger partial charge in [-0.2, -0.15) is 10.2 Å². The fourth-order valence-corrected chi connectivity index (χ4v) is 1.51. The van der Waals surface area contributed by atoms with Crippen LogP contribution >= 0.6 is 0 Å². The number of benzene rings is 1. The zero-order chi connectivity index (χ0) is 13.7. The third kappa shape index (κ3) is 3.04. The van der Waals surface area contributed by atoms with Crippen molar-refractivity contribution in [2.75, 3.05) is 11.9 Å². The monoisotopic (exact) mass is 259 g/mol. The second-order valence-corrected chi connectivity index (χ2v) is 3.61. The van der Waals surface area contributed by atoms with Gasteiger partial charge in [0.25, 0.3) is 5.69 Å². The Morgan fingerprint density at radius 1 is 1.53 bits per heavy atom. The van der Waals surface area contributed by atoms with Crippen LogP contribution in [0.4, 0.5) is 11.4 Å². The summed E-state index contributed by atoms with van der Waals surface area (Å²) in [6.45, 7) is 0.412. The van der Waals surface area contributed by atoms with Crippen molar-refractivity contribution in [2.45, 2.75) is 6.42 Å². The average molecular weight is 259 g/mol. The maximum atomic E-state index is 10.9. The van der Waals surface area contributed by atoms with Crippen LogP contribution in [-0.4, -0.2) is 21.6 Å². The van der Waals surface area contributed by atoms with Gasteiger partial charge in [-0.15, -0.1) is 0 Å². The summed E-state index contributed by atoms with van der Waals surface area (Å²) < 4.78 is 4.81. The number of nitro groups is 1. The third-order valence-corrected chi connectivity index (χ3v) is 2.38. The lowest BCUT2D eigenvalue weighted by Gasteiger charge is -2.05. The van der Waals surface area contributed by atoms with Crippen LogP contribution in [0.5, 0.6) is 0 Å². The number of hydrogen-bond donors (Lipinski definition) is 1. The Morgan fingerprint density at radius 2 is 2.37 bits per heavy atom. The molecule has 0 spiro atoms. The first-order chi connectivity index (χ1) is 9.20. The van der Waals surface area contributed by atoms with E-state index in [4.69, 9.17) is 9.78 Å². The SMILES string of the molecule is N#Cc1ccc(NCCc2ncno2)c([N+](=O)[O-])c1. The number of hydrogen-bond acceptors (Lipinski definition) is 7. The summed E-state index contributed by atoms with van der Waals surface area (Å²) in [5, 5.41) is 26.0. The molecule has 19 heavy (non-hydrogen) atoms. The summed E-state index contributed by atoms with van der Waals surface area (Å²) in [5.74, 6) is 0.448. The number of nitrogens with one attached hydrogen (secondary N) is 1. The van der Waals surface area contributed by atoms with Crippen molar-refractivity contribution in [3.63, 3.8) is 0 Å². The zero-order valence-electron chi connectivity index (χ0n) is 9.74. The summed E-state index contributed by atoms with van der Waals surface area (Å²) in [5.41, 5.74) is 0.460. The van der Waals surface area contributed by atoms with E-state index >= 15 is 0 Å². The minimum atomic E-state index is -0.532. The van der Waals surface area contributed by atoms with Crippen LogP contribution in [0, 0.1) is 21.4 Å². The van der Waals surface area contributed by atoms with E-state index in [1.165, 1.54) is 24.5 Å². The van der Waals surface area contributed by atoms with Crippen molar-refractivity contribution in [1.29, 1.82) is 5.26 Å². The maximum Gasteiger partial charge on any atom is 0.293 e. The standard InChI is InChI=1S/C11H9N5O3/c12-6-8-1-2-9(10(5-8)16(17)18)13-4-3-11-14-7-15-19-11/h1-2,5,7,13H,3-4H2. The molecule has 0 radical (unpaired) electrons. The molecule has 0 atom stereocenters. The number of aromatic nitrogens is 2. The van der Waals surface area contributed by atoms with Crippen molar-refractivity contribution in [3.05, 3.63) is 46.1 Å². The van der Waals surface area contributed by atoms with Gasteiger partial charge in [-0.1, -0.05) is 5.16 Å². The smallest absolute Gasteiger partial charge is 0.293 e. The molecule has 1 aromatic carbocycles. The van der Waals surface area contributed by atoms with Crippen LogP contribution in [0.1, 0.15) is 11.5 Å². The van der Waals surface area contributed by atoms with E-state index in [0.29, 0.717) is 24.5 Å². The number of nitrogens with zero attached hydrogens (tertiary/aromatic N) is 4. The first-order valence-corrected chi connectivity index (χ1v) is 5.38. The highest BCUT2D eigenvalue weighted by Gasteiger charge is 2.14. The van der Waals surface area contributed by atoms with Gasteiger partial charge in [0.1, 0.15) is 5.69 Å². The van der Waals surface area contributed by atoms with Gasteiger partial charge < -0.3 is 9.84 Å². The normalized spacial score (nSPS) is 9.84. The fourth-order valence-electron chi connectivity index (χ4n) is 1.51. The predicted octanol–water partition coefficient (Wildman–Crippen LogP) is 1.50. The van der Waals surface area contributed by atoms with Gasteiger partial charge in [-0.05, 0) is 12.1 Å². The molecule has 0 unspecified atom stereocenters. The summed E-state index contributed by atoms with van der Waals surface area (Å²) in [7, 11) is 0. The molecular formula is C11H9N5O3. The highest BCUT2D eigenvalue weighted by atomic mass is 16.6. The molecule has 0 saturated carbocycles. The van der Waals surface area contributed by atoms with E-state index in [1.54, 1.807) is 0 Å². The van der Waals surface area contributed by atoms with E-state index in [0.717, 1.165) is 0 Å². The van der Waals surface area contributed by atoms with Gasteiger partial charge in [-0.25, -0.2) is 0 Å². The van der Waals surface area contributed by atoms with Crippen LogP contribution in [0.3, 0.4) is 0 Å². The molecule has 0 saturated heterocycles. The van der Waals surface area contributed by atoms with Gasteiger partial charge in [0.15, 0.2) is 6.33 Å². The number of nitro benzene ring substituents is 1. The topological polar surface area (TPSA) is 118 Å². The van der Waals surface area contributed by atoms with Gasteiger partial charge in [0, 0.05) is 19.0 Å². The average Bonchev–Trinajstić information content (AvgIpc) is 2.92. The molecule has 8 nitrogen and oxygen atoms in total. The number of rotatable bonds is 5. The molecule has 2 aromatic rings. The molecule has 0 aliphatic heterocycles. The second-order valence-electron chi connectivity index (χ2n) is 3.61. The molecular weight excluding hydrogens is 250 g/mol. The Labute approximate surface area is 107 Å². The predicted molar refractivity (Wildman–Crippen MR) is 64.3 cm³/mol. The van der Waals surface area contributed by atoms with Gasteiger partial charge >= 0.3 is 0 Å². The Hall–Kier alpha value is -2.95. The number of nitriles is 1. The molecule has 0 bridgehead atoms. The lowest BCUT2D eigenvalue weighted by atomic mass is 10.2. The molecule has 0 aliphatic rings. The van der Waals surface area contributed by atoms with Gasteiger partial charge in [-0.3, -0.25) is 10.1 Å². The van der Waals surface area contributed by atoms with Crippen molar-refractivity contribution in [2.24, 2.45) is 0 Å². The minimum Gasteiger partial charge on any atom is -0.379 e. The van der Waals surface area contributed by atoms with E-state index in [9.17, 15) is 10.1 Å². The molecule has 0 amide bonds. The summed E-state index contributed by atoms with van der Waals surface area (Å²) in [4.78, 5) is 14.2. The van der Waals surface area contributed by atoms with E-state index < -0.39 is 4.92 Å². The van der Waals surface area contributed by atoms with E-state index in [1.807, 2.05) is 6.07 Å². The molecule has 1 N–H and O–H groups in total. The third-order valence-electron chi connectivity index (χ3n) is 2.38. The van der Waals surface area contributed by atoms with E-state index in [2.05, 4.69) is 15.5 Å². The Morgan fingerprint density at radius 3 is 3.00 bits per heavy atom. The van der Waals surface area contributed by atoms with E-state index in [-0.39, 0.29) is 11.3 Å². The Kier molecular flexibility index (Phi) is 3.68. The molecule has 0 fully saturated rings. The summed E-state index contributed by atoms with van der Waals surface area (Å²) >= 11 is 0. The first-order valence-electron chi connectivity index (χ1n) is 5.38. The largest absolute Gasteiger partial charge is 0.379 e. The molecule has 0 aliphatic carbocycles. The molecule has 1 heterocycles. The van der Waals surface area contributed by atoms with Crippen LogP contribution in [0.25, 0.3) is 0 Å². The quantitative estimate of drug-likeness (QED) is 0.638. The van der Waals surface area contributed by atoms with Crippen LogP contribution in [-0.2, 0) is 6.42 Å². The zero-order valence-corrected chi connectivity index (χ0v) is 9.74. The van der Waals surface area contributed by atoms with Crippen LogP contribution < -0.4 is 5.32 Å². The van der Waals surface area contributed by atoms with Crippen molar-refractivity contribution >= 4 is 11.4 Å². The lowest BCUT2D eigenvalue weighted by molar-refractivity contribution is -0.384. The summed E-state index contributed by atoms with van der Waals surface area (Å²) in [6, 6.07) is 6.11. The second kappa shape index (κ2) is 5.59. The summed E-state index contributed by atoms with van der Waals surface area (Å²) in [6.07, 6.45) is 1.75. The van der Waals surface area contributed by atoms with Gasteiger partial charge in [0.05, 0.1) is 16.6 Å². The number of anilines is 1. The van der Waals surface area contributed by atoms with Crippen LogP contribution in [0.15, 0.2) is 29.0 Å². The molecule has 8 heteroatoms. The van der Waals surface area contributed by atoms with Gasteiger partial charge in [0.2, 0.25) is 5.89 Å². The molecule has 96 valence electrons. The Balaban J connectivity index is 2.07. The Bertz CT molecular complexity index is 618. The highest BCUT2D eigenvalue weighted by molar-refractivity contribution is 5.64.